The van der Waals surface area contributed by atoms with Crippen molar-refractivity contribution in [2.75, 3.05) is 7.11 Å². The van der Waals surface area contributed by atoms with Gasteiger partial charge in [-0.05, 0) is 47.1 Å². The van der Waals surface area contributed by atoms with E-state index in [1.165, 1.54) is 0 Å². The summed E-state index contributed by atoms with van der Waals surface area (Å²) in [5, 5.41) is 3.45. The summed E-state index contributed by atoms with van der Waals surface area (Å²) in [6.07, 6.45) is 0.846. The fraction of sp³-hybridized carbons (Fsp3) is 0.733. The van der Waals surface area contributed by atoms with E-state index in [-0.39, 0.29) is 5.54 Å². The van der Waals surface area contributed by atoms with E-state index in [4.69, 9.17) is 4.74 Å². The molecule has 4 heteroatoms. The average molecular weight is 265 g/mol. The zero-order valence-electron chi connectivity index (χ0n) is 13.3. The SMILES string of the molecule is CCC(C)(OC)c1nc(C)cc(CNC(C)(C)C)n1. The number of aryl methyl sites for hydroxylation is 1. The number of nitrogens with zero attached hydrogens (tertiary/aromatic N) is 2. The van der Waals surface area contributed by atoms with E-state index in [0.29, 0.717) is 0 Å². The van der Waals surface area contributed by atoms with Crippen molar-refractivity contribution in [3.63, 3.8) is 0 Å². The summed E-state index contributed by atoms with van der Waals surface area (Å²) in [5.74, 6) is 0.767. The third-order valence-corrected chi connectivity index (χ3v) is 3.31. The van der Waals surface area contributed by atoms with E-state index in [0.717, 1.165) is 30.2 Å². The van der Waals surface area contributed by atoms with Gasteiger partial charge in [-0.25, -0.2) is 9.97 Å². The lowest BCUT2D eigenvalue weighted by Gasteiger charge is -2.26. The molecule has 1 atom stereocenters. The minimum absolute atomic E-state index is 0.0777. The van der Waals surface area contributed by atoms with E-state index in [1.807, 2.05) is 19.9 Å². The number of aromatic nitrogens is 2. The highest BCUT2D eigenvalue weighted by Crippen LogP contribution is 2.25. The van der Waals surface area contributed by atoms with Crippen molar-refractivity contribution in [3.8, 4) is 0 Å². The van der Waals surface area contributed by atoms with Crippen molar-refractivity contribution in [3.05, 3.63) is 23.3 Å². The van der Waals surface area contributed by atoms with Crippen LogP contribution >= 0.6 is 0 Å². The van der Waals surface area contributed by atoms with E-state index in [9.17, 15) is 0 Å². The first-order chi connectivity index (χ1) is 8.70. The van der Waals surface area contributed by atoms with Gasteiger partial charge in [0.05, 0.1) is 5.69 Å². The molecule has 0 amide bonds. The van der Waals surface area contributed by atoms with Crippen LogP contribution in [0.15, 0.2) is 6.07 Å². The Labute approximate surface area is 117 Å². The van der Waals surface area contributed by atoms with E-state index in [2.05, 4.69) is 43.0 Å². The van der Waals surface area contributed by atoms with Crippen molar-refractivity contribution in [1.82, 2.24) is 15.3 Å². The Kier molecular flexibility index (Phi) is 5.04. The van der Waals surface area contributed by atoms with Gasteiger partial charge in [-0.1, -0.05) is 6.92 Å². The van der Waals surface area contributed by atoms with Gasteiger partial charge >= 0.3 is 0 Å². The second kappa shape index (κ2) is 5.97. The van der Waals surface area contributed by atoms with Crippen LogP contribution in [-0.2, 0) is 16.9 Å². The normalized spacial score (nSPS) is 15.3. The summed E-state index contributed by atoms with van der Waals surface area (Å²) in [5.41, 5.74) is 1.65. The Morgan fingerprint density at radius 2 is 1.84 bits per heavy atom. The minimum Gasteiger partial charge on any atom is -0.371 e. The number of rotatable bonds is 5. The zero-order valence-corrected chi connectivity index (χ0v) is 13.3. The summed E-state index contributed by atoms with van der Waals surface area (Å²) in [6, 6.07) is 2.02. The van der Waals surface area contributed by atoms with E-state index < -0.39 is 5.60 Å². The first kappa shape index (κ1) is 16.1. The molecule has 0 saturated heterocycles. The molecule has 1 heterocycles. The lowest BCUT2D eigenvalue weighted by Crippen LogP contribution is -2.36. The van der Waals surface area contributed by atoms with Gasteiger partial charge in [0, 0.05) is 24.9 Å². The molecule has 0 aliphatic heterocycles. The molecule has 0 bridgehead atoms. The van der Waals surface area contributed by atoms with Gasteiger partial charge < -0.3 is 10.1 Å². The predicted molar refractivity (Wildman–Crippen MR) is 78.0 cm³/mol. The molecule has 0 aromatic carbocycles. The van der Waals surface area contributed by atoms with Gasteiger partial charge in [0.15, 0.2) is 5.82 Å². The molecule has 1 aromatic heterocycles. The van der Waals surface area contributed by atoms with Crippen LogP contribution < -0.4 is 5.32 Å². The third-order valence-electron chi connectivity index (χ3n) is 3.31. The van der Waals surface area contributed by atoms with Crippen LogP contribution in [0.25, 0.3) is 0 Å². The van der Waals surface area contributed by atoms with E-state index in [1.54, 1.807) is 7.11 Å². The Morgan fingerprint density at radius 1 is 1.21 bits per heavy atom. The summed E-state index contributed by atoms with van der Waals surface area (Å²) in [7, 11) is 1.71. The van der Waals surface area contributed by atoms with E-state index >= 15 is 0 Å². The molecule has 0 radical (unpaired) electrons. The molecule has 1 unspecified atom stereocenters. The standard InChI is InChI=1S/C15H27N3O/c1-8-15(6,19-7)13-17-11(2)9-12(18-13)10-16-14(3,4)5/h9,16H,8,10H2,1-7H3. The smallest absolute Gasteiger partial charge is 0.160 e. The van der Waals surface area contributed by atoms with Gasteiger partial charge in [0.2, 0.25) is 0 Å². The Balaban J connectivity index is 3.00. The predicted octanol–water partition coefficient (Wildman–Crippen LogP) is 2.94. The molecule has 0 aliphatic carbocycles. The molecular weight excluding hydrogens is 238 g/mol. The maximum Gasteiger partial charge on any atom is 0.160 e. The molecule has 0 aliphatic rings. The quantitative estimate of drug-likeness (QED) is 0.889. The van der Waals surface area contributed by atoms with Crippen LogP contribution in [0.4, 0.5) is 0 Å². The summed E-state index contributed by atoms with van der Waals surface area (Å²) in [6.45, 7) is 13.3. The van der Waals surface area contributed by atoms with Crippen molar-refractivity contribution < 1.29 is 4.74 Å². The third kappa shape index (κ3) is 4.55. The topological polar surface area (TPSA) is 47.0 Å². The van der Waals surface area contributed by atoms with Crippen molar-refractivity contribution in [2.24, 2.45) is 0 Å². The van der Waals surface area contributed by atoms with Crippen LogP contribution in [0, 0.1) is 6.92 Å². The lowest BCUT2D eigenvalue weighted by molar-refractivity contribution is -0.00931. The molecule has 0 saturated carbocycles. The number of hydrogen-bond acceptors (Lipinski definition) is 4. The highest BCUT2D eigenvalue weighted by atomic mass is 16.5. The minimum atomic E-state index is -0.414. The number of hydrogen-bond donors (Lipinski definition) is 1. The molecule has 1 N–H and O–H groups in total. The summed E-state index contributed by atoms with van der Waals surface area (Å²) in [4.78, 5) is 9.18. The summed E-state index contributed by atoms with van der Waals surface area (Å²) < 4.78 is 5.58. The average Bonchev–Trinajstić information content (AvgIpc) is 2.34. The van der Waals surface area contributed by atoms with Crippen molar-refractivity contribution in [1.29, 1.82) is 0 Å². The molecule has 0 spiro atoms. The fourth-order valence-corrected chi connectivity index (χ4v) is 1.71. The van der Waals surface area contributed by atoms with Crippen LogP contribution in [0.2, 0.25) is 0 Å². The zero-order chi connectivity index (χ0) is 14.7. The first-order valence-electron chi connectivity index (χ1n) is 6.85. The van der Waals surface area contributed by atoms with Gasteiger partial charge in [0.1, 0.15) is 5.60 Å². The molecule has 108 valence electrons. The highest BCUT2D eigenvalue weighted by molar-refractivity contribution is 5.14. The second-order valence-electron chi connectivity index (χ2n) is 6.22. The number of nitrogens with one attached hydrogen (secondary N) is 1. The molecule has 1 rings (SSSR count). The van der Waals surface area contributed by atoms with Gasteiger partial charge in [-0.2, -0.15) is 0 Å². The Morgan fingerprint density at radius 3 is 2.32 bits per heavy atom. The first-order valence-corrected chi connectivity index (χ1v) is 6.85. The Hall–Kier alpha value is -1.00. The number of ether oxygens (including phenoxy) is 1. The van der Waals surface area contributed by atoms with Crippen molar-refractivity contribution >= 4 is 0 Å². The van der Waals surface area contributed by atoms with Crippen LogP contribution in [0.3, 0.4) is 0 Å². The van der Waals surface area contributed by atoms with Gasteiger partial charge in [-0.3, -0.25) is 0 Å². The highest BCUT2D eigenvalue weighted by Gasteiger charge is 2.28. The molecule has 0 fully saturated rings. The monoisotopic (exact) mass is 265 g/mol. The summed E-state index contributed by atoms with van der Waals surface area (Å²) >= 11 is 0. The van der Waals surface area contributed by atoms with Crippen LogP contribution in [0.1, 0.15) is 58.3 Å². The molecule has 4 nitrogen and oxygen atoms in total. The van der Waals surface area contributed by atoms with Gasteiger partial charge in [0.25, 0.3) is 0 Å². The fourth-order valence-electron chi connectivity index (χ4n) is 1.71. The van der Waals surface area contributed by atoms with Crippen LogP contribution in [-0.4, -0.2) is 22.6 Å². The van der Waals surface area contributed by atoms with Crippen molar-refractivity contribution in [2.45, 2.75) is 65.6 Å². The second-order valence-corrected chi connectivity index (χ2v) is 6.22. The van der Waals surface area contributed by atoms with Crippen LogP contribution in [0.5, 0.6) is 0 Å². The maximum atomic E-state index is 5.58. The molecule has 1 aromatic rings. The van der Waals surface area contributed by atoms with Gasteiger partial charge in [-0.15, -0.1) is 0 Å². The lowest BCUT2D eigenvalue weighted by atomic mass is 10.0. The number of methoxy groups -OCH3 is 1. The molecular formula is C15H27N3O. The largest absolute Gasteiger partial charge is 0.371 e. The molecule has 19 heavy (non-hydrogen) atoms. The Bertz CT molecular complexity index is 420. The maximum absolute atomic E-state index is 5.58.